The molecule has 0 amide bonds. The number of hydrogen-bond acceptors (Lipinski definition) is 2. The van der Waals surface area contributed by atoms with Crippen molar-refractivity contribution in [2.75, 3.05) is 13.1 Å². The molecule has 1 N–H and O–H groups in total. The number of rotatable bonds is 2. The topological polar surface area (TPSA) is 23.5 Å². The first-order chi connectivity index (χ1) is 11.6. The minimum absolute atomic E-state index is 0.429. The number of para-hydroxylation sites is 1. The van der Waals surface area contributed by atoms with E-state index in [1.54, 1.807) is 6.07 Å². The van der Waals surface area contributed by atoms with Crippen LogP contribution >= 0.6 is 0 Å². The second-order valence-corrected chi connectivity index (χ2v) is 6.12. The van der Waals surface area contributed by atoms with E-state index >= 15 is 0 Å². The quantitative estimate of drug-likeness (QED) is 0.764. The molecule has 2 nitrogen and oxygen atoms in total. The monoisotopic (exact) mass is 327 g/mol. The van der Waals surface area contributed by atoms with Gasteiger partial charge in [0, 0.05) is 12.1 Å². The van der Waals surface area contributed by atoms with Crippen LogP contribution in [0, 0.1) is 13.8 Å². The maximum atomic E-state index is 9.61. The molecule has 1 fully saturated rings. The summed E-state index contributed by atoms with van der Waals surface area (Å²) in [6.45, 7) is 11.4. The predicted octanol–water partition coefficient (Wildman–Crippen LogP) is 5.71. The van der Waals surface area contributed by atoms with Crippen molar-refractivity contribution in [3.63, 3.8) is 0 Å². The number of aromatic hydroxyl groups is 1. The van der Waals surface area contributed by atoms with Gasteiger partial charge < -0.3 is 5.11 Å². The van der Waals surface area contributed by atoms with Crippen LogP contribution in [-0.4, -0.2) is 23.1 Å². The van der Waals surface area contributed by atoms with Crippen LogP contribution in [0.2, 0.25) is 0 Å². The van der Waals surface area contributed by atoms with Gasteiger partial charge in [-0.1, -0.05) is 73.9 Å². The van der Waals surface area contributed by atoms with Gasteiger partial charge >= 0.3 is 0 Å². The van der Waals surface area contributed by atoms with Gasteiger partial charge in [0.15, 0.2) is 0 Å². The summed E-state index contributed by atoms with van der Waals surface area (Å²) in [6, 6.07) is 16.1. The summed E-state index contributed by atoms with van der Waals surface area (Å²) in [6.07, 6.45) is 3.96. The van der Waals surface area contributed by atoms with E-state index in [0.29, 0.717) is 5.75 Å². The van der Waals surface area contributed by atoms with Gasteiger partial charge in [-0.2, -0.15) is 0 Å². The van der Waals surface area contributed by atoms with E-state index in [0.717, 1.165) is 12.1 Å². The van der Waals surface area contributed by atoms with Gasteiger partial charge in [-0.05, 0) is 45.8 Å². The first kappa shape index (κ1) is 20.2. The number of benzene rings is 2. The maximum absolute atomic E-state index is 9.61. The highest BCUT2D eigenvalue weighted by molar-refractivity contribution is 5.31. The van der Waals surface area contributed by atoms with E-state index in [1.807, 2.05) is 32.0 Å². The third kappa shape index (κ3) is 7.65. The van der Waals surface area contributed by atoms with Crippen molar-refractivity contribution in [3.05, 3.63) is 65.2 Å². The number of aryl methyl sites for hydroxylation is 2. The van der Waals surface area contributed by atoms with E-state index in [-0.39, 0.29) is 0 Å². The van der Waals surface area contributed by atoms with Crippen LogP contribution in [0.4, 0.5) is 0 Å². The van der Waals surface area contributed by atoms with E-state index in [2.05, 4.69) is 43.0 Å². The Balaban J connectivity index is 0.000000245. The molecule has 0 aliphatic carbocycles. The Morgan fingerprint density at radius 1 is 0.792 bits per heavy atom. The maximum Gasteiger partial charge on any atom is 0.120 e. The average molecular weight is 328 g/mol. The van der Waals surface area contributed by atoms with E-state index < -0.39 is 0 Å². The van der Waals surface area contributed by atoms with Gasteiger partial charge in [-0.3, -0.25) is 4.90 Å². The van der Waals surface area contributed by atoms with Crippen molar-refractivity contribution in [3.8, 4) is 5.75 Å². The average Bonchev–Trinajstić information content (AvgIpc) is 2.63. The minimum Gasteiger partial charge on any atom is -0.508 e. The molecule has 1 aliphatic rings. The van der Waals surface area contributed by atoms with Gasteiger partial charge in [0.25, 0.3) is 0 Å². The summed E-state index contributed by atoms with van der Waals surface area (Å²) in [7, 11) is 0. The lowest BCUT2D eigenvalue weighted by atomic mass is 10.1. The lowest BCUT2D eigenvalue weighted by Crippen LogP contribution is -2.29. The van der Waals surface area contributed by atoms with Crippen molar-refractivity contribution in [1.29, 1.82) is 0 Å². The first-order valence-corrected chi connectivity index (χ1v) is 9.17. The van der Waals surface area contributed by atoms with Crippen molar-refractivity contribution in [1.82, 2.24) is 4.90 Å². The number of piperidine rings is 1. The fraction of sp³-hybridized carbons (Fsp3) is 0.455. The molecule has 0 radical (unpaired) electrons. The zero-order chi connectivity index (χ0) is 17.8. The Kier molecular flexibility index (Phi) is 9.86. The lowest BCUT2D eigenvalue weighted by Gasteiger charge is -2.26. The van der Waals surface area contributed by atoms with Gasteiger partial charge in [0.2, 0.25) is 0 Å². The Bertz CT molecular complexity index is 535. The molecule has 0 aromatic heterocycles. The minimum atomic E-state index is 0.429. The van der Waals surface area contributed by atoms with E-state index in [4.69, 9.17) is 0 Å². The van der Waals surface area contributed by atoms with Crippen LogP contribution in [0.15, 0.2) is 48.5 Å². The number of nitrogens with zero attached hydrogens (tertiary/aromatic N) is 1. The lowest BCUT2D eigenvalue weighted by molar-refractivity contribution is 0.218. The smallest absolute Gasteiger partial charge is 0.120 e. The summed E-state index contributed by atoms with van der Waals surface area (Å²) < 4.78 is 0. The molecule has 2 aromatic rings. The molecule has 1 aliphatic heterocycles. The van der Waals surface area contributed by atoms with Gasteiger partial charge in [0.1, 0.15) is 5.75 Å². The standard InChI is InChI=1S/C12H17NO.C8H10.C2H6/c14-12-7-3-2-6-11(12)10-13-8-4-1-5-9-13;1-7-3-5-8(2)6-4-7;1-2/h2-3,6-7,14H,1,4-5,8-10H2;3-6H,1-2H3;1-2H3. The highest BCUT2D eigenvalue weighted by Crippen LogP contribution is 2.19. The van der Waals surface area contributed by atoms with Crippen LogP contribution in [0.3, 0.4) is 0 Å². The first-order valence-electron chi connectivity index (χ1n) is 9.17. The molecular weight excluding hydrogens is 294 g/mol. The third-order valence-electron chi connectivity index (χ3n) is 4.05. The summed E-state index contributed by atoms with van der Waals surface area (Å²) in [5.74, 6) is 0.429. The van der Waals surface area contributed by atoms with Crippen LogP contribution in [0.25, 0.3) is 0 Å². The zero-order valence-electron chi connectivity index (χ0n) is 15.8. The number of hydrogen-bond donors (Lipinski definition) is 1. The number of phenolic OH excluding ortho intramolecular Hbond substituents is 1. The normalized spacial score (nSPS) is 14.0. The second kappa shape index (κ2) is 11.7. The Hall–Kier alpha value is -1.80. The van der Waals surface area contributed by atoms with Gasteiger partial charge in [-0.25, -0.2) is 0 Å². The molecule has 24 heavy (non-hydrogen) atoms. The Morgan fingerprint density at radius 2 is 1.29 bits per heavy atom. The summed E-state index contributed by atoms with van der Waals surface area (Å²) in [4.78, 5) is 2.42. The molecule has 0 bridgehead atoms. The molecule has 0 atom stereocenters. The zero-order valence-corrected chi connectivity index (χ0v) is 15.8. The predicted molar refractivity (Wildman–Crippen MR) is 104 cm³/mol. The molecule has 1 saturated heterocycles. The Labute approximate surface area is 148 Å². The van der Waals surface area contributed by atoms with E-state index in [9.17, 15) is 5.11 Å². The number of likely N-dealkylation sites (tertiary alicyclic amines) is 1. The van der Waals surface area contributed by atoms with Crippen molar-refractivity contribution in [2.45, 2.75) is 53.5 Å². The molecule has 0 saturated carbocycles. The molecular formula is C22H33NO. The molecule has 0 unspecified atom stereocenters. The fourth-order valence-electron chi connectivity index (χ4n) is 2.64. The summed E-state index contributed by atoms with van der Waals surface area (Å²) in [5.41, 5.74) is 3.71. The van der Waals surface area contributed by atoms with Gasteiger partial charge in [0.05, 0.1) is 0 Å². The van der Waals surface area contributed by atoms with Crippen molar-refractivity contribution in [2.24, 2.45) is 0 Å². The molecule has 0 spiro atoms. The number of phenols is 1. The highest BCUT2D eigenvalue weighted by atomic mass is 16.3. The van der Waals surface area contributed by atoms with Crippen LogP contribution < -0.4 is 0 Å². The van der Waals surface area contributed by atoms with Gasteiger partial charge in [-0.15, -0.1) is 0 Å². The molecule has 3 rings (SSSR count). The van der Waals surface area contributed by atoms with Crippen LogP contribution in [0.1, 0.15) is 49.8 Å². The largest absolute Gasteiger partial charge is 0.508 e. The summed E-state index contributed by atoms with van der Waals surface area (Å²) >= 11 is 0. The molecule has 1 heterocycles. The van der Waals surface area contributed by atoms with Crippen molar-refractivity contribution < 1.29 is 5.11 Å². The SMILES string of the molecule is CC.Cc1ccc(C)cc1.Oc1ccccc1CN1CCCCC1. The van der Waals surface area contributed by atoms with Crippen LogP contribution in [0.5, 0.6) is 5.75 Å². The third-order valence-corrected chi connectivity index (χ3v) is 4.05. The molecule has 132 valence electrons. The second-order valence-electron chi connectivity index (χ2n) is 6.12. The van der Waals surface area contributed by atoms with E-state index in [1.165, 1.54) is 43.5 Å². The van der Waals surface area contributed by atoms with Crippen LogP contribution in [-0.2, 0) is 6.54 Å². The molecule has 2 aromatic carbocycles. The summed E-state index contributed by atoms with van der Waals surface area (Å²) in [5, 5.41) is 9.61. The fourth-order valence-corrected chi connectivity index (χ4v) is 2.64. The van der Waals surface area contributed by atoms with Crippen molar-refractivity contribution >= 4 is 0 Å². The Morgan fingerprint density at radius 3 is 1.79 bits per heavy atom. The highest BCUT2D eigenvalue weighted by Gasteiger charge is 2.11. The molecule has 2 heteroatoms.